The first-order valence-corrected chi connectivity index (χ1v) is 6.77. The smallest absolute Gasteiger partial charge is 0.411 e. The average Bonchev–Trinajstić information content (AvgIpc) is 2.32. The maximum absolute atomic E-state index is 11.9. The van der Waals surface area contributed by atoms with Gasteiger partial charge in [-0.25, -0.2) is 0 Å². The number of aliphatic hydroxyl groups excluding tert-OH is 1. The van der Waals surface area contributed by atoms with E-state index in [4.69, 9.17) is 16.3 Å². The normalized spacial score (nSPS) is 13.3. The van der Waals surface area contributed by atoms with E-state index < -0.39 is 18.9 Å². The first kappa shape index (κ1) is 17.6. The standard InChI is InChI=1S/C12H13BrClF3O3/c1-19-11-8(4-7(14)5-9(11)13)10(18)2-3-20-6-12(15,16)17/h4-5,10,18H,2-3,6H2,1H3. The van der Waals surface area contributed by atoms with Gasteiger partial charge in [0.1, 0.15) is 12.4 Å². The lowest BCUT2D eigenvalue weighted by Crippen LogP contribution is -2.18. The molecule has 0 aromatic heterocycles. The van der Waals surface area contributed by atoms with Crippen molar-refractivity contribution < 1.29 is 27.8 Å². The number of ether oxygens (including phenoxy) is 2. The van der Waals surface area contributed by atoms with Crippen molar-refractivity contribution in [3.05, 3.63) is 27.2 Å². The predicted octanol–water partition coefficient (Wildman–Crippen LogP) is 4.11. The summed E-state index contributed by atoms with van der Waals surface area (Å²) in [5.74, 6) is 0.387. The van der Waals surface area contributed by atoms with E-state index in [1.165, 1.54) is 13.2 Å². The van der Waals surface area contributed by atoms with Crippen LogP contribution in [0, 0.1) is 0 Å². The summed E-state index contributed by atoms with van der Waals surface area (Å²) in [5, 5.41) is 10.4. The maximum atomic E-state index is 11.9. The molecule has 0 aliphatic heterocycles. The fourth-order valence-corrected chi connectivity index (χ4v) is 2.58. The number of hydrogen-bond acceptors (Lipinski definition) is 3. The zero-order valence-electron chi connectivity index (χ0n) is 10.5. The molecule has 1 aromatic carbocycles. The lowest BCUT2D eigenvalue weighted by Gasteiger charge is -2.17. The van der Waals surface area contributed by atoms with Crippen LogP contribution in [0.2, 0.25) is 5.02 Å². The molecule has 0 aliphatic rings. The Morgan fingerprint density at radius 2 is 2.05 bits per heavy atom. The molecule has 0 aliphatic carbocycles. The second-order valence-electron chi connectivity index (χ2n) is 3.98. The molecule has 0 radical (unpaired) electrons. The molecule has 0 fully saturated rings. The molecule has 0 spiro atoms. The van der Waals surface area contributed by atoms with Crippen LogP contribution in [0.15, 0.2) is 16.6 Å². The van der Waals surface area contributed by atoms with Crippen LogP contribution in [0.5, 0.6) is 5.75 Å². The second-order valence-corrected chi connectivity index (χ2v) is 5.27. The van der Waals surface area contributed by atoms with Crippen LogP contribution in [0.1, 0.15) is 18.1 Å². The molecule has 1 unspecified atom stereocenters. The summed E-state index contributed by atoms with van der Waals surface area (Å²) in [6.07, 6.45) is -5.41. The summed E-state index contributed by atoms with van der Waals surface area (Å²) in [6.45, 7) is -1.57. The second kappa shape index (κ2) is 7.49. The number of aliphatic hydroxyl groups is 1. The quantitative estimate of drug-likeness (QED) is 0.758. The lowest BCUT2D eigenvalue weighted by molar-refractivity contribution is -0.175. The van der Waals surface area contributed by atoms with Crippen molar-refractivity contribution in [3.63, 3.8) is 0 Å². The predicted molar refractivity (Wildman–Crippen MR) is 72.2 cm³/mol. The molecule has 1 N–H and O–H groups in total. The van der Waals surface area contributed by atoms with Gasteiger partial charge in [0, 0.05) is 23.6 Å². The number of benzene rings is 1. The van der Waals surface area contributed by atoms with Crippen LogP contribution in [0.25, 0.3) is 0 Å². The van der Waals surface area contributed by atoms with Crippen molar-refractivity contribution in [2.24, 2.45) is 0 Å². The molecule has 114 valence electrons. The van der Waals surface area contributed by atoms with Gasteiger partial charge < -0.3 is 14.6 Å². The van der Waals surface area contributed by atoms with E-state index >= 15 is 0 Å². The molecule has 8 heteroatoms. The SMILES string of the molecule is COc1c(Br)cc(Cl)cc1C(O)CCOCC(F)(F)F. The fraction of sp³-hybridized carbons (Fsp3) is 0.500. The lowest BCUT2D eigenvalue weighted by atomic mass is 10.1. The van der Waals surface area contributed by atoms with E-state index in [1.807, 2.05) is 0 Å². The van der Waals surface area contributed by atoms with Crippen LogP contribution >= 0.6 is 27.5 Å². The minimum Gasteiger partial charge on any atom is -0.495 e. The van der Waals surface area contributed by atoms with Crippen LogP contribution in [0.4, 0.5) is 13.2 Å². The van der Waals surface area contributed by atoms with Crippen LogP contribution in [-0.4, -0.2) is 31.6 Å². The average molecular weight is 378 g/mol. The highest BCUT2D eigenvalue weighted by Gasteiger charge is 2.27. The van der Waals surface area contributed by atoms with Gasteiger partial charge in [0.15, 0.2) is 0 Å². The Bertz CT molecular complexity index is 454. The minimum absolute atomic E-state index is 0.000772. The summed E-state index contributed by atoms with van der Waals surface area (Å²) >= 11 is 9.10. The third-order valence-electron chi connectivity index (χ3n) is 2.40. The molecular weight excluding hydrogens is 364 g/mol. The number of rotatable bonds is 6. The zero-order valence-corrected chi connectivity index (χ0v) is 12.8. The summed E-state index contributed by atoms with van der Waals surface area (Å²) in [4.78, 5) is 0. The topological polar surface area (TPSA) is 38.7 Å². The first-order valence-electron chi connectivity index (χ1n) is 5.60. The van der Waals surface area contributed by atoms with Crippen LogP contribution in [-0.2, 0) is 4.74 Å². The molecular formula is C12H13BrClF3O3. The van der Waals surface area contributed by atoms with Crippen molar-refractivity contribution in [2.75, 3.05) is 20.3 Å². The van der Waals surface area contributed by atoms with Gasteiger partial charge in [0.2, 0.25) is 0 Å². The molecule has 1 rings (SSSR count). The van der Waals surface area contributed by atoms with E-state index in [9.17, 15) is 18.3 Å². The summed E-state index contributed by atoms with van der Waals surface area (Å²) in [7, 11) is 1.42. The van der Waals surface area contributed by atoms with Crippen molar-refractivity contribution >= 4 is 27.5 Å². The van der Waals surface area contributed by atoms with Gasteiger partial charge in [-0.1, -0.05) is 11.6 Å². The van der Waals surface area contributed by atoms with Crippen molar-refractivity contribution in [3.8, 4) is 5.75 Å². The molecule has 0 bridgehead atoms. The van der Waals surface area contributed by atoms with Crippen molar-refractivity contribution in [1.82, 2.24) is 0 Å². The van der Waals surface area contributed by atoms with Gasteiger partial charge in [-0.2, -0.15) is 13.2 Å². The van der Waals surface area contributed by atoms with Gasteiger partial charge >= 0.3 is 6.18 Å². The van der Waals surface area contributed by atoms with E-state index in [2.05, 4.69) is 20.7 Å². The molecule has 0 saturated carbocycles. The Morgan fingerprint density at radius 1 is 1.40 bits per heavy atom. The van der Waals surface area contributed by atoms with Gasteiger partial charge in [-0.15, -0.1) is 0 Å². The minimum atomic E-state index is -4.37. The zero-order chi connectivity index (χ0) is 15.3. The molecule has 0 heterocycles. The first-order chi connectivity index (χ1) is 9.24. The number of methoxy groups -OCH3 is 1. The summed E-state index contributed by atoms with van der Waals surface area (Å²) in [5.41, 5.74) is 0.391. The number of hydrogen-bond donors (Lipinski definition) is 1. The largest absolute Gasteiger partial charge is 0.495 e. The third kappa shape index (κ3) is 5.47. The van der Waals surface area contributed by atoms with Gasteiger partial charge in [-0.05, 0) is 28.1 Å². The highest BCUT2D eigenvalue weighted by molar-refractivity contribution is 9.10. The maximum Gasteiger partial charge on any atom is 0.411 e. The van der Waals surface area contributed by atoms with Gasteiger partial charge in [0.05, 0.1) is 17.7 Å². The Kier molecular flexibility index (Phi) is 6.57. The van der Waals surface area contributed by atoms with E-state index in [-0.39, 0.29) is 13.0 Å². The highest BCUT2D eigenvalue weighted by Crippen LogP contribution is 2.37. The van der Waals surface area contributed by atoms with Crippen LogP contribution in [0.3, 0.4) is 0 Å². The third-order valence-corrected chi connectivity index (χ3v) is 3.21. The Morgan fingerprint density at radius 3 is 2.60 bits per heavy atom. The number of alkyl halides is 3. The number of halogens is 5. The monoisotopic (exact) mass is 376 g/mol. The van der Waals surface area contributed by atoms with E-state index in [0.717, 1.165) is 0 Å². The molecule has 0 saturated heterocycles. The Balaban J connectivity index is 2.65. The van der Waals surface area contributed by atoms with Crippen molar-refractivity contribution in [1.29, 1.82) is 0 Å². The molecule has 3 nitrogen and oxygen atoms in total. The molecule has 0 amide bonds. The van der Waals surface area contributed by atoms with Crippen LogP contribution < -0.4 is 4.74 Å². The van der Waals surface area contributed by atoms with E-state index in [1.54, 1.807) is 6.07 Å². The summed E-state index contributed by atoms with van der Waals surface area (Å²) in [6, 6.07) is 3.09. The molecule has 1 atom stereocenters. The summed E-state index contributed by atoms with van der Waals surface area (Å²) < 4.78 is 45.8. The Hall–Kier alpha value is -0.500. The van der Waals surface area contributed by atoms with Gasteiger partial charge in [-0.3, -0.25) is 0 Å². The van der Waals surface area contributed by atoms with E-state index in [0.29, 0.717) is 20.8 Å². The molecule has 1 aromatic rings. The van der Waals surface area contributed by atoms with Crippen molar-refractivity contribution in [2.45, 2.75) is 18.7 Å². The Labute approximate surface area is 127 Å². The fourth-order valence-electron chi connectivity index (χ4n) is 1.58. The highest BCUT2D eigenvalue weighted by atomic mass is 79.9. The molecule has 20 heavy (non-hydrogen) atoms. The van der Waals surface area contributed by atoms with Gasteiger partial charge in [0.25, 0.3) is 0 Å².